The number of rotatable bonds is 5. The maximum absolute atomic E-state index is 12.1. The Morgan fingerprint density at radius 1 is 1.39 bits per heavy atom. The molecule has 0 radical (unpaired) electrons. The van der Waals surface area contributed by atoms with Crippen LogP contribution >= 0.6 is 11.6 Å². The van der Waals surface area contributed by atoms with Crippen molar-refractivity contribution >= 4 is 17.5 Å². The molecule has 1 fully saturated rings. The van der Waals surface area contributed by atoms with Gasteiger partial charge in [-0.05, 0) is 36.5 Å². The summed E-state index contributed by atoms with van der Waals surface area (Å²) in [6, 6.07) is 7.54. The number of nitrogens with zero attached hydrogens (tertiary/aromatic N) is 1. The van der Waals surface area contributed by atoms with Crippen molar-refractivity contribution in [2.75, 3.05) is 13.2 Å². The largest absolute Gasteiger partial charge is 0.381 e. The third-order valence-electron chi connectivity index (χ3n) is 4.06. The van der Waals surface area contributed by atoms with E-state index in [9.17, 15) is 4.79 Å². The molecular formula is C17H20ClN3O2. The third kappa shape index (κ3) is 4.33. The van der Waals surface area contributed by atoms with Crippen LogP contribution in [0, 0.1) is 5.92 Å². The van der Waals surface area contributed by atoms with Crippen LogP contribution in [0.15, 0.2) is 30.5 Å². The van der Waals surface area contributed by atoms with Crippen molar-refractivity contribution < 1.29 is 9.53 Å². The number of carbonyl (C=O) groups excluding carboxylic acids is 1. The Hall–Kier alpha value is -1.85. The summed E-state index contributed by atoms with van der Waals surface area (Å²) in [5.74, 6) is 0.396. The Kier molecular flexibility index (Phi) is 5.31. The number of carbonyl (C=O) groups is 1. The zero-order valence-corrected chi connectivity index (χ0v) is 13.6. The van der Waals surface area contributed by atoms with E-state index in [-0.39, 0.29) is 5.91 Å². The average Bonchev–Trinajstić information content (AvgIpc) is 3.03. The Morgan fingerprint density at radius 2 is 2.22 bits per heavy atom. The molecule has 5 nitrogen and oxygen atoms in total. The van der Waals surface area contributed by atoms with E-state index in [4.69, 9.17) is 16.3 Å². The quantitative estimate of drug-likeness (QED) is 0.883. The van der Waals surface area contributed by atoms with Gasteiger partial charge in [-0.25, -0.2) is 0 Å². The predicted molar refractivity (Wildman–Crippen MR) is 89.0 cm³/mol. The normalized spacial score (nSPS) is 17.9. The molecule has 1 aliphatic rings. The van der Waals surface area contributed by atoms with Gasteiger partial charge in [0.2, 0.25) is 5.91 Å². The molecule has 2 N–H and O–H groups in total. The first-order valence-electron chi connectivity index (χ1n) is 7.85. The van der Waals surface area contributed by atoms with Crippen LogP contribution in [0.4, 0.5) is 0 Å². The van der Waals surface area contributed by atoms with Crippen LogP contribution in [0.25, 0.3) is 11.3 Å². The first-order chi connectivity index (χ1) is 11.2. The van der Waals surface area contributed by atoms with Gasteiger partial charge in [-0.3, -0.25) is 9.89 Å². The molecule has 2 aromatic rings. The Balaban J connectivity index is 1.57. The van der Waals surface area contributed by atoms with E-state index in [1.165, 1.54) is 0 Å². The number of hydrogen-bond donors (Lipinski definition) is 2. The number of aromatic amines is 1. The fourth-order valence-electron chi connectivity index (χ4n) is 2.81. The highest BCUT2D eigenvalue weighted by atomic mass is 35.5. The summed E-state index contributed by atoms with van der Waals surface area (Å²) in [6.07, 6.45) is 4.37. The third-order valence-corrected chi connectivity index (χ3v) is 4.31. The lowest BCUT2D eigenvalue weighted by atomic mass is 9.98. The molecule has 1 amide bonds. The van der Waals surface area contributed by atoms with Gasteiger partial charge >= 0.3 is 0 Å². The molecular weight excluding hydrogens is 314 g/mol. The number of H-pyrrole nitrogens is 1. The van der Waals surface area contributed by atoms with Crippen LogP contribution in [0.5, 0.6) is 0 Å². The molecule has 6 heteroatoms. The molecule has 1 atom stereocenters. The van der Waals surface area contributed by atoms with Crippen LogP contribution < -0.4 is 5.32 Å². The zero-order chi connectivity index (χ0) is 16.1. The van der Waals surface area contributed by atoms with E-state index in [1.54, 1.807) is 6.20 Å². The second-order valence-electron chi connectivity index (χ2n) is 5.84. The molecule has 3 rings (SSSR count). The summed E-state index contributed by atoms with van der Waals surface area (Å²) in [7, 11) is 0. The number of aromatic nitrogens is 2. The lowest BCUT2D eigenvalue weighted by Crippen LogP contribution is -2.28. The van der Waals surface area contributed by atoms with Gasteiger partial charge in [0, 0.05) is 36.8 Å². The number of halogens is 1. The van der Waals surface area contributed by atoms with Crippen LogP contribution in [-0.2, 0) is 16.1 Å². The number of amides is 1. The summed E-state index contributed by atoms with van der Waals surface area (Å²) in [4.78, 5) is 12.1. The van der Waals surface area contributed by atoms with Crippen molar-refractivity contribution in [2.24, 2.45) is 5.92 Å². The molecule has 1 aromatic heterocycles. The molecule has 1 saturated heterocycles. The highest BCUT2D eigenvalue weighted by Gasteiger charge is 2.18. The Morgan fingerprint density at radius 3 is 2.96 bits per heavy atom. The lowest BCUT2D eigenvalue weighted by Gasteiger charge is -2.21. The molecule has 1 aromatic carbocycles. The number of benzene rings is 1. The number of hydrogen-bond acceptors (Lipinski definition) is 3. The van der Waals surface area contributed by atoms with E-state index in [2.05, 4.69) is 15.5 Å². The predicted octanol–water partition coefficient (Wildman–Crippen LogP) is 3.16. The minimum atomic E-state index is 0.0590. The standard InChI is InChI=1S/C17H20ClN3O2/c18-15-5-3-13(4-6-15)17-14(10-20-21-17)9-19-16(22)8-12-2-1-7-23-11-12/h3-6,10,12H,1-2,7-9,11H2,(H,19,22)(H,20,21)/t12-/m1/s1. The van der Waals surface area contributed by atoms with Gasteiger partial charge in [0.1, 0.15) is 0 Å². The highest BCUT2D eigenvalue weighted by Crippen LogP contribution is 2.23. The van der Waals surface area contributed by atoms with Gasteiger partial charge < -0.3 is 10.1 Å². The van der Waals surface area contributed by atoms with Gasteiger partial charge in [0.15, 0.2) is 0 Å². The topological polar surface area (TPSA) is 67.0 Å². The van der Waals surface area contributed by atoms with Crippen LogP contribution in [0.3, 0.4) is 0 Å². The number of nitrogens with one attached hydrogen (secondary N) is 2. The van der Waals surface area contributed by atoms with Crippen LogP contribution in [-0.4, -0.2) is 29.3 Å². The smallest absolute Gasteiger partial charge is 0.220 e. The fraction of sp³-hybridized carbons (Fsp3) is 0.412. The molecule has 0 bridgehead atoms. The molecule has 0 unspecified atom stereocenters. The molecule has 122 valence electrons. The van der Waals surface area contributed by atoms with E-state index >= 15 is 0 Å². The molecule has 1 aliphatic heterocycles. The molecule has 0 saturated carbocycles. The van der Waals surface area contributed by atoms with E-state index in [0.717, 1.165) is 36.3 Å². The Labute approximate surface area is 140 Å². The maximum Gasteiger partial charge on any atom is 0.220 e. The SMILES string of the molecule is O=C(C[C@H]1CCCOC1)NCc1cn[nH]c1-c1ccc(Cl)cc1. The van der Waals surface area contributed by atoms with Gasteiger partial charge in [0.05, 0.1) is 11.9 Å². The maximum atomic E-state index is 12.1. The van der Waals surface area contributed by atoms with Gasteiger partial charge in [0.25, 0.3) is 0 Å². The van der Waals surface area contributed by atoms with Crippen LogP contribution in [0.2, 0.25) is 5.02 Å². The summed E-state index contributed by atoms with van der Waals surface area (Å²) < 4.78 is 5.41. The van der Waals surface area contributed by atoms with Gasteiger partial charge in [-0.15, -0.1) is 0 Å². The van der Waals surface area contributed by atoms with Gasteiger partial charge in [-0.2, -0.15) is 5.10 Å². The molecule has 0 spiro atoms. The van der Waals surface area contributed by atoms with Crippen molar-refractivity contribution in [2.45, 2.75) is 25.8 Å². The molecule has 2 heterocycles. The van der Waals surface area contributed by atoms with E-state index in [0.29, 0.717) is 30.5 Å². The minimum absolute atomic E-state index is 0.0590. The second-order valence-corrected chi connectivity index (χ2v) is 6.28. The fourth-order valence-corrected chi connectivity index (χ4v) is 2.93. The summed E-state index contributed by atoms with van der Waals surface area (Å²) in [5, 5.41) is 10.7. The molecule has 23 heavy (non-hydrogen) atoms. The highest BCUT2D eigenvalue weighted by molar-refractivity contribution is 6.30. The van der Waals surface area contributed by atoms with E-state index < -0.39 is 0 Å². The van der Waals surface area contributed by atoms with Gasteiger partial charge in [-0.1, -0.05) is 23.7 Å². The minimum Gasteiger partial charge on any atom is -0.381 e. The molecule has 0 aliphatic carbocycles. The van der Waals surface area contributed by atoms with Crippen molar-refractivity contribution in [1.82, 2.24) is 15.5 Å². The second kappa shape index (κ2) is 7.62. The van der Waals surface area contributed by atoms with Crippen LogP contribution in [0.1, 0.15) is 24.8 Å². The first-order valence-corrected chi connectivity index (χ1v) is 8.23. The lowest BCUT2D eigenvalue weighted by molar-refractivity contribution is -0.123. The summed E-state index contributed by atoms with van der Waals surface area (Å²) >= 11 is 5.92. The van der Waals surface area contributed by atoms with E-state index in [1.807, 2.05) is 24.3 Å². The Bertz CT molecular complexity index is 648. The average molecular weight is 334 g/mol. The van der Waals surface area contributed by atoms with Crippen molar-refractivity contribution in [3.05, 3.63) is 41.0 Å². The summed E-state index contributed by atoms with van der Waals surface area (Å²) in [5.41, 5.74) is 2.86. The zero-order valence-electron chi connectivity index (χ0n) is 12.8. The summed E-state index contributed by atoms with van der Waals surface area (Å²) in [6.45, 7) is 1.97. The van der Waals surface area contributed by atoms with Crippen molar-refractivity contribution in [3.63, 3.8) is 0 Å². The first kappa shape index (κ1) is 16.0. The number of ether oxygens (including phenoxy) is 1. The van der Waals surface area contributed by atoms with Crippen molar-refractivity contribution in [3.8, 4) is 11.3 Å². The van der Waals surface area contributed by atoms with Crippen molar-refractivity contribution in [1.29, 1.82) is 0 Å². The monoisotopic (exact) mass is 333 g/mol.